The number of thiazole rings is 1. The minimum atomic E-state index is -3.34. The smallest absolute Gasteiger partial charge is 0.279 e. The summed E-state index contributed by atoms with van der Waals surface area (Å²) in [7, 11) is -3.34. The summed E-state index contributed by atoms with van der Waals surface area (Å²) >= 11 is 1.29. The molecule has 3 aromatic rings. The first kappa shape index (κ1) is 19.5. The average molecular weight is 432 g/mol. The van der Waals surface area contributed by atoms with E-state index in [1.54, 1.807) is 52.5 Å². The van der Waals surface area contributed by atoms with Crippen molar-refractivity contribution in [3.63, 3.8) is 0 Å². The first-order valence-electron chi connectivity index (χ1n) is 8.90. The molecule has 0 unspecified atom stereocenters. The molecule has 0 saturated carbocycles. The molecule has 0 saturated heterocycles. The van der Waals surface area contributed by atoms with Gasteiger partial charge < -0.3 is 4.57 Å². The summed E-state index contributed by atoms with van der Waals surface area (Å²) in [5, 5.41) is 1.79. The normalized spacial score (nSPS) is 14.3. The van der Waals surface area contributed by atoms with Crippen molar-refractivity contribution in [1.29, 1.82) is 0 Å². The maximum atomic E-state index is 13.9. The molecule has 150 valence electrons. The average Bonchev–Trinajstić information content (AvgIpc) is 3.29. The highest BCUT2D eigenvalue weighted by atomic mass is 32.2. The molecular formula is C20H18FN3O3S2. The highest BCUT2D eigenvalue weighted by molar-refractivity contribution is 7.92. The van der Waals surface area contributed by atoms with Crippen molar-refractivity contribution in [2.45, 2.75) is 13.0 Å². The number of fused-ring (bicyclic) bond motifs is 1. The van der Waals surface area contributed by atoms with Crippen LogP contribution in [0.2, 0.25) is 0 Å². The fraction of sp³-hybridized carbons (Fsp3) is 0.200. The molecule has 1 aliphatic rings. The summed E-state index contributed by atoms with van der Waals surface area (Å²) in [5.74, 6) is -0.729. The molecule has 2 aromatic carbocycles. The van der Waals surface area contributed by atoms with Gasteiger partial charge in [-0.05, 0) is 36.2 Å². The van der Waals surface area contributed by atoms with Crippen LogP contribution in [0.25, 0.3) is 0 Å². The summed E-state index contributed by atoms with van der Waals surface area (Å²) in [5.41, 5.74) is 2.32. The van der Waals surface area contributed by atoms with Crippen molar-refractivity contribution >= 4 is 33.0 Å². The van der Waals surface area contributed by atoms with Gasteiger partial charge in [-0.1, -0.05) is 18.2 Å². The SMILES string of the molecule is CS(=O)(=O)N1CCc2cc(C(=O)N=c3sccn3Cc3ccccc3F)ccc21. The van der Waals surface area contributed by atoms with Crippen molar-refractivity contribution in [3.05, 3.63) is 81.4 Å². The summed E-state index contributed by atoms with van der Waals surface area (Å²) in [6.45, 7) is 0.645. The third kappa shape index (κ3) is 4.01. The van der Waals surface area contributed by atoms with Crippen LogP contribution in [0.15, 0.2) is 59.0 Å². The minimum Gasteiger partial charge on any atom is -0.319 e. The molecule has 29 heavy (non-hydrogen) atoms. The van der Waals surface area contributed by atoms with Crippen LogP contribution in [-0.4, -0.2) is 31.7 Å². The molecule has 0 atom stereocenters. The van der Waals surface area contributed by atoms with Crippen LogP contribution in [0.3, 0.4) is 0 Å². The van der Waals surface area contributed by atoms with E-state index in [-0.39, 0.29) is 12.4 Å². The highest BCUT2D eigenvalue weighted by Gasteiger charge is 2.26. The van der Waals surface area contributed by atoms with Crippen LogP contribution in [0.4, 0.5) is 10.1 Å². The van der Waals surface area contributed by atoms with E-state index >= 15 is 0 Å². The zero-order valence-electron chi connectivity index (χ0n) is 15.6. The number of carbonyl (C=O) groups excluding carboxylic acids is 1. The Morgan fingerprint density at radius 2 is 2.03 bits per heavy atom. The molecule has 2 heterocycles. The van der Waals surface area contributed by atoms with Crippen molar-refractivity contribution in [2.24, 2.45) is 4.99 Å². The van der Waals surface area contributed by atoms with Crippen LogP contribution in [-0.2, 0) is 23.0 Å². The monoisotopic (exact) mass is 431 g/mol. The zero-order chi connectivity index (χ0) is 20.6. The second kappa shape index (κ2) is 7.57. The van der Waals surface area contributed by atoms with Gasteiger partial charge in [-0.3, -0.25) is 9.10 Å². The number of halogens is 1. The molecule has 0 radical (unpaired) electrons. The standard InChI is InChI=1S/C20H18FN3O3S2/c1-29(26,27)24-9-8-14-12-15(6-7-18(14)24)19(25)22-20-23(10-11-28-20)13-16-4-2-3-5-17(16)21/h2-7,10-12H,8-9,13H2,1H3. The Bertz CT molecular complexity index is 1260. The van der Waals surface area contributed by atoms with Crippen molar-refractivity contribution < 1.29 is 17.6 Å². The summed E-state index contributed by atoms with van der Waals surface area (Å²) in [6.07, 6.45) is 3.48. The molecule has 4 rings (SSSR count). The minimum absolute atomic E-state index is 0.274. The molecule has 0 bridgehead atoms. The Kier molecular flexibility index (Phi) is 5.10. The van der Waals surface area contributed by atoms with E-state index in [1.165, 1.54) is 28.0 Å². The number of anilines is 1. The first-order valence-corrected chi connectivity index (χ1v) is 11.6. The summed E-state index contributed by atoms with van der Waals surface area (Å²) < 4.78 is 40.7. The topological polar surface area (TPSA) is 71.7 Å². The van der Waals surface area contributed by atoms with Gasteiger partial charge in [0.2, 0.25) is 10.0 Å². The number of hydrogen-bond acceptors (Lipinski definition) is 4. The van der Waals surface area contributed by atoms with E-state index in [9.17, 15) is 17.6 Å². The maximum absolute atomic E-state index is 13.9. The molecule has 1 amide bonds. The first-order chi connectivity index (χ1) is 13.8. The third-order valence-electron chi connectivity index (χ3n) is 4.74. The molecule has 0 spiro atoms. The number of nitrogens with zero attached hydrogens (tertiary/aromatic N) is 3. The fourth-order valence-electron chi connectivity index (χ4n) is 3.32. The molecule has 1 aliphatic heterocycles. The van der Waals surface area contributed by atoms with Gasteiger partial charge in [-0.2, -0.15) is 4.99 Å². The number of aromatic nitrogens is 1. The third-order valence-corrected chi connectivity index (χ3v) is 6.71. The van der Waals surface area contributed by atoms with Gasteiger partial charge in [-0.15, -0.1) is 11.3 Å². The predicted molar refractivity (Wildman–Crippen MR) is 110 cm³/mol. The number of sulfonamides is 1. The lowest BCUT2D eigenvalue weighted by molar-refractivity contribution is 0.0997. The summed E-state index contributed by atoms with van der Waals surface area (Å²) in [4.78, 5) is 17.3. The van der Waals surface area contributed by atoms with Gasteiger partial charge in [0.25, 0.3) is 5.91 Å². The van der Waals surface area contributed by atoms with Gasteiger partial charge in [0.05, 0.1) is 18.5 Å². The van der Waals surface area contributed by atoms with Crippen molar-refractivity contribution in [3.8, 4) is 0 Å². The summed E-state index contributed by atoms with van der Waals surface area (Å²) in [6, 6.07) is 11.4. The second-order valence-corrected chi connectivity index (χ2v) is 9.53. The Hall–Kier alpha value is -2.78. The van der Waals surface area contributed by atoms with Crippen LogP contribution >= 0.6 is 11.3 Å². The maximum Gasteiger partial charge on any atom is 0.279 e. The van der Waals surface area contributed by atoms with Crippen molar-refractivity contribution in [2.75, 3.05) is 17.1 Å². The van der Waals surface area contributed by atoms with Gasteiger partial charge in [0, 0.05) is 29.2 Å². The number of benzene rings is 2. The Morgan fingerprint density at radius 1 is 1.24 bits per heavy atom. The number of amides is 1. The van der Waals surface area contributed by atoms with Gasteiger partial charge in [-0.25, -0.2) is 12.8 Å². The molecule has 0 N–H and O–H groups in total. The van der Waals surface area contributed by atoms with Gasteiger partial charge >= 0.3 is 0 Å². The Morgan fingerprint density at radius 3 is 2.79 bits per heavy atom. The van der Waals surface area contributed by atoms with E-state index < -0.39 is 15.9 Å². The lowest BCUT2D eigenvalue weighted by atomic mass is 10.1. The largest absolute Gasteiger partial charge is 0.319 e. The number of carbonyl (C=O) groups is 1. The second-order valence-electron chi connectivity index (χ2n) is 6.75. The lowest BCUT2D eigenvalue weighted by Crippen LogP contribution is -2.27. The number of rotatable bonds is 4. The molecule has 9 heteroatoms. The van der Waals surface area contributed by atoms with Crippen LogP contribution in [0.5, 0.6) is 0 Å². The van der Waals surface area contributed by atoms with E-state index in [1.807, 2.05) is 0 Å². The molecule has 6 nitrogen and oxygen atoms in total. The molecule has 0 aliphatic carbocycles. The number of hydrogen-bond donors (Lipinski definition) is 0. The van der Waals surface area contributed by atoms with Crippen LogP contribution in [0.1, 0.15) is 21.5 Å². The lowest BCUT2D eigenvalue weighted by Gasteiger charge is -2.16. The van der Waals surface area contributed by atoms with Gasteiger partial charge in [0.15, 0.2) is 4.80 Å². The Labute approximate surface area is 171 Å². The quantitative estimate of drug-likeness (QED) is 0.638. The molecule has 0 fully saturated rings. The van der Waals surface area contributed by atoms with Crippen LogP contribution < -0.4 is 9.11 Å². The highest BCUT2D eigenvalue weighted by Crippen LogP contribution is 2.30. The van der Waals surface area contributed by atoms with Crippen LogP contribution in [0, 0.1) is 5.82 Å². The molecular weight excluding hydrogens is 413 g/mol. The van der Waals surface area contributed by atoms with E-state index in [4.69, 9.17) is 0 Å². The zero-order valence-corrected chi connectivity index (χ0v) is 17.2. The Balaban J connectivity index is 1.62. The van der Waals surface area contributed by atoms with E-state index in [0.717, 1.165) is 5.56 Å². The van der Waals surface area contributed by atoms with E-state index in [2.05, 4.69) is 4.99 Å². The predicted octanol–water partition coefficient (Wildman–Crippen LogP) is 2.80. The van der Waals surface area contributed by atoms with E-state index in [0.29, 0.717) is 34.6 Å². The van der Waals surface area contributed by atoms with Gasteiger partial charge in [0.1, 0.15) is 5.82 Å². The fourth-order valence-corrected chi connectivity index (χ4v) is 5.00. The van der Waals surface area contributed by atoms with Crippen molar-refractivity contribution in [1.82, 2.24) is 4.57 Å². The molecule has 1 aromatic heterocycles.